The molecule has 1 N–H and O–H groups in total. The number of pyridine rings is 1. The molecule has 0 unspecified atom stereocenters. The molecule has 1 aromatic carbocycles. The van der Waals surface area contributed by atoms with Crippen LogP contribution in [0.1, 0.15) is 18.9 Å². The Hall–Kier alpha value is -3.98. The van der Waals surface area contributed by atoms with Crippen LogP contribution in [0.5, 0.6) is 0 Å². The van der Waals surface area contributed by atoms with Crippen molar-refractivity contribution in [3.63, 3.8) is 0 Å². The summed E-state index contributed by atoms with van der Waals surface area (Å²) in [6.07, 6.45) is 7.45. The molecule has 4 heterocycles. The molecule has 3 aromatic heterocycles. The topological polar surface area (TPSA) is 93.9 Å². The average molecular weight is 473 g/mol. The average Bonchev–Trinajstić information content (AvgIpc) is 3.33. The van der Waals surface area contributed by atoms with Gasteiger partial charge in [0.15, 0.2) is 0 Å². The van der Waals surface area contributed by atoms with E-state index in [2.05, 4.69) is 15.3 Å². The van der Waals surface area contributed by atoms with Crippen molar-refractivity contribution in [3.05, 3.63) is 78.9 Å². The highest BCUT2D eigenvalue weighted by atomic mass is 16.6. The highest BCUT2D eigenvalue weighted by molar-refractivity contribution is 5.68. The predicted octanol–water partition coefficient (Wildman–Crippen LogP) is 4.02. The third-order valence-electron chi connectivity index (χ3n) is 6.04. The Balaban J connectivity index is 1.29. The number of carbonyl (C=O) groups excluding carboxylic acids is 1. The maximum absolute atomic E-state index is 12.8. The molecule has 0 bridgehead atoms. The standard InChI is InChI=1S/C26H28N6O3/c1-2-34-23-11-13-31(26(33)35-18-19-8-4-3-5-9-19)17-21(23)30-24-16-27-14-20(29-24)22-15-28-25-10-6-7-12-32(22)25/h3-10,12,14-16,21,23H,2,11,13,17-18H2,1H3,(H,29,30)/t21-,23-/m0/s1. The van der Waals surface area contributed by atoms with Crippen molar-refractivity contribution < 1.29 is 14.3 Å². The van der Waals surface area contributed by atoms with Crippen molar-refractivity contribution in [1.29, 1.82) is 0 Å². The highest BCUT2D eigenvalue weighted by Crippen LogP contribution is 2.22. The number of fused-ring (bicyclic) bond motifs is 1. The predicted molar refractivity (Wildman–Crippen MR) is 132 cm³/mol. The first kappa shape index (κ1) is 22.8. The number of carbonyl (C=O) groups is 1. The molecule has 2 atom stereocenters. The Morgan fingerprint density at radius 3 is 2.83 bits per heavy atom. The molecule has 5 rings (SSSR count). The highest BCUT2D eigenvalue weighted by Gasteiger charge is 2.33. The summed E-state index contributed by atoms with van der Waals surface area (Å²) in [6.45, 7) is 3.83. The van der Waals surface area contributed by atoms with Gasteiger partial charge in [-0.3, -0.25) is 9.38 Å². The number of imidazole rings is 1. The largest absolute Gasteiger partial charge is 0.445 e. The van der Waals surface area contributed by atoms with Gasteiger partial charge in [0.25, 0.3) is 0 Å². The van der Waals surface area contributed by atoms with E-state index in [9.17, 15) is 4.79 Å². The van der Waals surface area contributed by atoms with Crippen LogP contribution in [-0.4, -0.2) is 62.2 Å². The van der Waals surface area contributed by atoms with Crippen LogP contribution >= 0.6 is 0 Å². The van der Waals surface area contributed by atoms with Crippen LogP contribution < -0.4 is 5.32 Å². The van der Waals surface area contributed by atoms with Crippen molar-refractivity contribution in [3.8, 4) is 11.4 Å². The molecule has 0 spiro atoms. The molecule has 0 radical (unpaired) electrons. The number of hydrogen-bond acceptors (Lipinski definition) is 7. The lowest BCUT2D eigenvalue weighted by Crippen LogP contribution is -2.53. The van der Waals surface area contributed by atoms with Gasteiger partial charge < -0.3 is 19.7 Å². The second-order valence-corrected chi connectivity index (χ2v) is 8.38. The summed E-state index contributed by atoms with van der Waals surface area (Å²) in [5.74, 6) is 0.614. The fraction of sp³-hybridized carbons (Fsp3) is 0.308. The Morgan fingerprint density at radius 1 is 1.11 bits per heavy atom. The first-order valence-electron chi connectivity index (χ1n) is 11.8. The minimum absolute atomic E-state index is 0.0561. The third-order valence-corrected chi connectivity index (χ3v) is 6.04. The molecule has 0 saturated carbocycles. The second kappa shape index (κ2) is 10.5. The first-order chi connectivity index (χ1) is 17.2. The molecular weight excluding hydrogens is 444 g/mol. The molecule has 0 aliphatic carbocycles. The van der Waals surface area contributed by atoms with Crippen LogP contribution in [0, 0.1) is 0 Å². The summed E-state index contributed by atoms with van der Waals surface area (Å²) in [4.78, 5) is 28.1. The lowest BCUT2D eigenvalue weighted by atomic mass is 10.0. The Morgan fingerprint density at radius 2 is 1.97 bits per heavy atom. The fourth-order valence-corrected chi connectivity index (χ4v) is 4.33. The molecule has 1 aliphatic rings. The monoisotopic (exact) mass is 472 g/mol. The van der Waals surface area contributed by atoms with Crippen molar-refractivity contribution in [2.24, 2.45) is 0 Å². The number of likely N-dealkylation sites (tertiary alicyclic amines) is 1. The van der Waals surface area contributed by atoms with Crippen molar-refractivity contribution in [2.75, 3.05) is 25.0 Å². The normalized spacial score (nSPS) is 17.9. The number of benzene rings is 1. The number of piperidine rings is 1. The zero-order valence-corrected chi connectivity index (χ0v) is 19.6. The van der Waals surface area contributed by atoms with E-state index in [0.29, 0.717) is 37.6 Å². The van der Waals surface area contributed by atoms with E-state index in [1.165, 1.54) is 0 Å². The van der Waals surface area contributed by atoms with Gasteiger partial charge in [-0.2, -0.15) is 0 Å². The van der Waals surface area contributed by atoms with E-state index >= 15 is 0 Å². The lowest BCUT2D eigenvalue weighted by Gasteiger charge is -2.38. The molecule has 9 heteroatoms. The Bertz CT molecular complexity index is 1280. The number of nitrogens with zero attached hydrogens (tertiary/aromatic N) is 5. The van der Waals surface area contributed by atoms with Gasteiger partial charge in [-0.1, -0.05) is 36.4 Å². The summed E-state index contributed by atoms with van der Waals surface area (Å²) in [6, 6.07) is 15.4. The molecule has 4 aromatic rings. The van der Waals surface area contributed by atoms with Crippen molar-refractivity contribution in [2.45, 2.75) is 32.1 Å². The maximum atomic E-state index is 12.8. The molecule has 1 saturated heterocycles. The molecule has 180 valence electrons. The molecule has 1 aliphatic heterocycles. The van der Waals surface area contributed by atoms with Crippen LogP contribution in [0.25, 0.3) is 17.0 Å². The van der Waals surface area contributed by atoms with Gasteiger partial charge in [0.05, 0.1) is 36.4 Å². The van der Waals surface area contributed by atoms with Gasteiger partial charge >= 0.3 is 6.09 Å². The van der Waals surface area contributed by atoms with Crippen LogP contribution in [0.4, 0.5) is 10.6 Å². The fourth-order valence-electron chi connectivity index (χ4n) is 4.33. The van der Waals surface area contributed by atoms with E-state index in [-0.39, 0.29) is 24.8 Å². The van der Waals surface area contributed by atoms with E-state index in [0.717, 1.165) is 16.9 Å². The summed E-state index contributed by atoms with van der Waals surface area (Å²) >= 11 is 0. The summed E-state index contributed by atoms with van der Waals surface area (Å²) < 4.78 is 13.5. The van der Waals surface area contributed by atoms with Crippen LogP contribution in [0.2, 0.25) is 0 Å². The summed E-state index contributed by atoms with van der Waals surface area (Å²) in [5, 5.41) is 3.45. The first-order valence-corrected chi connectivity index (χ1v) is 11.8. The van der Waals surface area contributed by atoms with Gasteiger partial charge in [0.1, 0.15) is 23.8 Å². The number of anilines is 1. The smallest absolute Gasteiger partial charge is 0.410 e. The number of ether oxygens (including phenoxy) is 2. The van der Waals surface area contributed by atoms with Crippen molar-refractivity contribution in [1.82, 2.24) is 24.3 Å². The summed E-state index contributed by atoms with van der Waals surface area (Å²) in [7, 11) is 0. The lowest BCUT2D eigenvalue weighted by molar-refractivity contribution is 0.00245. The number of nitrogens with one attached hydrogen (secondary N) is 1. The van der Waals surface area contributed by atoms with Gasteiger partial charge in [-0.25, -0.2) is 14.8 Å². The summed E-state index contributed by atoms with van der Waals surface area (Å²) in [5.41, 5.74) is 3.36. The number of hydrogen-bond donors (Lipinski definition) is 1. The van der Waals surface area contributed by atoms with Crippen molar-refractivity contribution >= 4 is 17.6 Å². The number of rotatable bonds is 7. The quantitative estimate of drug-likeness (QED) is 0.434. The molecular formula is C26H28N6O3. The Kier molecular flexibility index (Phi) is 6.85. The van der Waals surface area contributed by atoms with E-state index in [4.69, 9.17) is 14.5 Å². The van der Waals surface area contributed by atoms with Gasteiger partial charge in [0.2, 0.25) is 0 Å². The maximum Gasteiger partial charge on any atom is 0.410 e. The zero-order chi connectivity index (χ0) is 24.0. The Labute approximate surface area is 203 Å². The minimum Gasteiger partial charge on any atom is -0.445 e. The van der Waals surface area contributed by atoms with Gasteiger partial charge in [0, 0.05) is 25.9 Å². The molecule has 9 nitrogen and oxygen atoms in total. The van der Waals surface area contributed by atoms with E-state index in [1.54, 1.807) is 23.5 Å². The molecule has 1 amide bonds. The third kappa shape index (κ3) is 5.25. The van der Waals surface area contributed by atoms with Crippen LogP contribution in [0.15, 0.2) is 73.3 Å². The van der Waals surface area contributed by atoms with E-state index in [1.807, 2.05) is 66.1 Å². The minimum atomic E-state index is -0.332. The molecule has 35 heavy (non-hydrogen) atoms. The van der Waals surface area contributed by atoms with Gasteiger partial charge in [-0.05, 0) is 31.0 Å². The number of aromatic nitrogens is 4. The molecule has 1 fully saturated rings. The van der Waals surface area contributed by atoms with Gasteiger partial charge in [-0.15, -0.1) is 0 Å². The van der Waals surface area contributed by atoms with Crippen LogP contribution in [0.3, 0.4) is 0 Å². The second-order valence-electron chi connectivity index (χ2n) is 8.38. The SMILES string of the molecule is CCO[C@H]1CCN(C(=O)OCc2ccccc2)C[C@@H]1Nc1cncc(-c2cnc3ccccn23)n1. The number of amides is 1. The van der Waals surface area contributed by atoms with E-state index < -0.39 is 0 Å². The van der Waals surface area contributed by atoms with Crippen LogP contribution in [-0.2, 0) is 16.1 Å². The zero-order valence-electron chi connectivity index (χ0n) is 19.6.